The normalized spacial score (nSPS) is 17.5. The molecule has 1 fully saturated rings. The number of esters is 1. The van der Waals surface area contributed by atoms with E-state index in [0.717, 1.165) is 50.0 Å². The number of phenols is 1. The van der Waals surface area contributed by atoms with Gasteiger partial charge in [0.2, 0.25) is 5.91 Å². The molecule has 0 radical (unpaired) electrons. The first-order chi connectivity index (χ1) is 15.5. The summed E-state index contributed by atoms with van der Waals surface area (Å²) >= 11 is 1.52. The maximum Gasteiger partial charge on any atom is 0.341 e. The Hall–Kier alpha value is -2.58. The summed E-state index contributed by atoms with van der Waals surface area (Å²) in [6.45, 7) is 6.92. The van der Waals surface area contributed by atoms with Crippen LogP contribution in [0.15, 0.2) is 24.3 Å². The van der Waals surface area contributed by atoms with Crippen LogP contribution in [0, 0.1) is 0 Å². The summed E-state index contributed by atoms with van der Waals surface area (Å²) in [4.78, 5) is 31.2. The number of phenolic OH excluding ortho intramolecular Hbond substituents is 1. The molecule has 1 aliphatic carbocycles. The van der Waals surface area contributed by atoms with E-state index in [-0.39, 0.29) is 23.7 Å². The predicted molar refractivity (Wildman–Crippen MR) is 127 cm³/mol. The van der Waals surface area contributed by atoms with Crippen LogP contribution in [0.4, 0.5) is 10.7 Å². The molecule has 0 saturated carbocycles. The van der Waals surface area contributed by atoms with Gasteiger partial charge in [0.1, 0.15) is 10.8 Å². The molecule has 4 rings (SSSR count). The van der Waals surface area contributed by atoms with Crippen molar-refractivity contribution in [2.75, 3.05) is 43.0 Å². The molecule has 32 heavy (non-hydrogen) atoms. The minimum Gasteiger partial charge on any atom is -0.506 e. The number of anilines is 2. The van der Waals surface area contributed by atoms with E-state index in [0.29, 0.717) is 30.3 Å². The molecule has 8 heteroatoms. The molecule has 2 aliphatic rings. The van der Waals surface area contributed by atoms with Gasteiger partial charge in [-0.1, -0.05) is 12.1 Å². The Morgan fingerprint density at radius 1 is 1.16 bits per heavy atom. The number of hydrogen-bond acceptors (Lipinski definition) is 7. The van der Waals surface area contributed by atoms with Gasteiger partial charge in [-0.15, -0.1) is 11.3 Å². The number of carbonyl (C=O) groups excluding carboxylic acids is 2. The number of benzene rings is 1. The van der Waals surface area contributed by atoms with E-state index >= 15 is 0 Å². The Morgan fingerprint density at radius 3 is 2.59 bits per heavy atom. The van der Waals surface area contributed by atoms with Crippen molar-refractivity contribution < 1.29 is 19.4 Å². The van der Waals surface area contributed by atoms with Crippen molar-refractivity contribution in [3.8, 4) is 5.75 Å². The molecule has 1 unspecified atom stereocenters. The fraction of sp³-hybridized carbons (Fsp3) is 0.500. The fourth-order valence-electron chi connectivity index (χ4n) is 4.54. The number of nitrogens with zero attached hydrogens (tertiary/aromatic N) is 2. The number of aromatic hydroxyl groups is 1. The highest BCUT2D eigenvalue weighted by Crippen LogP contribution is 2.38. The molecule has 1 aromatic heterocycles. The Bertz CT molecular complexity index is 982. The average Bonchev–Trinajstić information content (AvgIpc) is 3.17. The third-order valence-electron chi connectivity index (χ3n) is 6.35. The summed E-state index contributed by atoms with van der Waals surface area (Å²) in [7, 11) is 0. The van der Waals surface area contributed by atoms with Gasteiger partial charge in [-0.3, -0.25) is 9.69 Å². The molecule has 1 saturated heterocycles. The summed E-state index contributed by atoms with van der Waals surface area (Å²) < 4.78 is 5.29. The van der Waals surface area contributed by atoms with E-state index in [1.165, 1.54) is 16.2 Å². The van der Waals surface area contributed by atoms with E-state index < -0.39 is 0 Å². The van der Waals surface area contributed by atoms with Crippen molar-refractivity contribution in [3.05, 3.63) is 40.3 Å². The zero-order chi connectivity index (χ0) is 22.7. The Kier molecular flexibility index (Phi) is 7.01. The third-order valence-corrected chi connectivity index (χ3v) is 7.56. The van der Waals surface area contributed by atoms with Crippen molar-refractivity contribution in [3.63, 3.8) is 0 Å². The van der Waals surface area contributed by atoms with Gasteiger partial charge in [-0.25, -0.2) is 4.79 Å². The van der Waals surface area contributed by atoms with E-state index in [1.54, 1.807) is 13.0 Å². The zero-order valence-corrected chi connectivity index (χ0v) is 19.5. The minimum absolute atomic E-state index is 0.106. The van der Waals surface area contributed by atoms with Crippen LogP contribution in [0.3, 0.4) is 0 Å². The van der Waals surface area contributed by atoms with E-state index in [9.17, 15) is 14.7 Å². The van der Waals surface area contributed by atoms with Crippen molar-refractivity contribution in [1.29, 1.82) is 0 Å². The standard InChI is InChI=1S/C24H31N3O4S/c1-3-31-24(30)21-17-8-4-7-11-20(17)32-23(21)25-22(29)16(2)26-12-14-27(15-13-26)18-9-5-6-10-19(18)28/h5-6,9-10,16,28H,3-4,7-8,11-15H2,1-2H3,(H,25,29). The number of fused-ring (bicyclic) bond motifs is 1. The van der Waals surface area contributed by atoms with Gasteiger partial charge in [-0.2, -0.15) is 0 Å². The van der Waals surface area contributed by atoms with Crippen LogP contribution in [0.25, 0.3) is 0 Å². The minimum atomic E-state index is -0.342. The number of thiophene rings is 1. The zero-order valence-electron chi connectivity index (χ0n) is 18.7. The topological polar surface area (TPSA) is 82.1 Å². The van der Waals surface area contributed by atoms with Crippen LogP contribution in [0.2, 0.25) is 0 Å². The Balaban J connectivity index is 1.43. The summed E-state index contributed by atoms with van der Waals surface area (Å²) in [5, 5.41) is 13.8. The fourth-order valence-corrected chi connectivity index (χ4v) is 5.82. The van der Waals surface area contributed by atoms with Crippen LogP contribution < -0.4 is 10.2 Å². The molecule has 172 valence electrons. The molecular weight excluding hydrogens is 426 g/mol. The molecule has 0 bridgehead atoms. The quantitative estimate of drug-likeness (QED) is 0.645. The number of para-hydroxylation sites is 2. The van der Waals surface area contributed by atoms with Crippen LogP contribution in [-0.4, -0.2) is 60.7 Å². The van der Waals surface area contributed by atoms with Crippen LogP contribution >= 0.6 is 11.3 Å². The van der Waals surface area contributed by atoms with Crippen molar-refractivity contribution in [1.82, 2.24) is 4.90 Å². The second-order valence-corrected chi connectivity index (χ2v) is 9.42. The van der Waals surface area contributed by atoms with Crippen molar-refractivity contribution >= 4 is 33.9 Å². The molecule has 2 N–H and O–H groups in total. The molecular formula is C24H31N3O4S. The molecule has 1 aromatic carbocycles. The molecule has 1 aliphatic heterocycles. The van der Waals surface area contributed by atoms with E-state index in [4.69, 9.17) is 4.74 Å². The first-order valence-electron chi connectivity index (χ1n) is 11.4. The number of amides is 1. The van der Waals surface area contributed by atoms with E-state index in [2.05, 4.69) is 15.1 Å². The second kappa shape index (κ2) is 9.92. The maximum absolute atomic E-state index is 13.1. The summed E-state index contributed by atoms with van der Waals surface area (Å²) in [6.07, 6.45) is 3.98. The number of piperazine rings is 1. The smallest absolute Gasteiger partial charge is 0.341 e. The van der Waals surface area contributed by atoms with Gasteiger partial charge in [0, 0.05) is 31.1 Å². The number of nitrogens with one attached hydrogen (secondary N) is 1. The molecule has 0 spiro atoms. The Labute approximate surface area is 193 Å². The number of carbonyl (C=O) groups is 2. The van der Waals surface area contributed by atoms with Crippen molar-refractivity contribution in [2.45, 2.75) is 45.6 Å². The first kappa shape index (κ1) is 22.6. The molecule has 2 heterocycles. The monoisotopic (exact) mass is 457 g/mol. The lowest BCUT2D eigenvalue weighted by molar-refractivity contribution is -0.120. The average molecular weight is 458 g/mol. The number of aryl methyl sites for hydroxylation is 1. The van der Waals surface area contributed by atoms with Crippen LogP contribution in [0.1, 0.15) is 47.5 Å². The third kappa shape index (κ3) is 4.61. The number of ether oxygens (including phenoxy) is 1. The molecule has 1 atom stereocenters. The second-order valence-electron chi connectivity index (χ2n) is 8.31. The number of rotatable bonds is 6. The van der Waals surface area contributed by atoms with Crippen LogP contribution in [-0.2, 0) is 22.4 Å². The first-order valence-corrected chi connectivity index (χ1v) is 12.2. The lowest BCUT2D eigenvalue weighted by Crippen LogP contribution is -2.52. The maximum atomic E-state index is 13.1. The van der Waals surface area contributed by atoms with Gasteiger partial charge in [-0.05, 0) is 57.2 Å². The van der Waals surface area contributed by atoms with E-state index in [1.807, 2.05) is 25.1 Å². The summed E-state index contributed by atoms with van der Waals surface area (Å²) in [6, 6.07) is 7.01. The highest BCUT2D eigenvalue weighted by molar-refractivity contribution is 7.17. The number of hydrogen-bond donors (Lipinski definition) is 2. The highest BCUT2D eigenvalue weighted by atomic mass is 32.1. The SMILES string of the molecule is CCOC(=O)c1c(NC(=O)C(C)N2CCN(c3ccccc3O)CC2)sc2c1CCCC2. The highest BCUT2D eigenvalue weighted by Gasteiger charge is 2.30. The van der Waals surface area contributed by atoms with Gasteiger partial charge in [0.15, 0.2) is 0 Å². The lowest BCUT2D eigenvalue weighted by Gasteiger charge is -2.38. The molecule has 2 aromatic rings. The molecule has 7 nitrogen and oxygen atoms in total. The van der Waals surface area contributed by atoms with Crippen molar-refractivity contribution in [2.24, 2.45) is 0 Å². The Morgan fingerprint density at radius 2 is 1.88 bits per heavy atom. The molecule has 1 amide bonds. The summed E-state index contributed by atoms with van der Waals surface area (Å²) in [5.41, 5.74) is 2.43. The predicted octanol–water partition coefficient (Wildman–Crippen LogP) is 3.66. The van der Waals surface area contributed by atoms with Crippen LogP contribution in [0.5, 0.6) is 5.75 Å². The lowest BCUT2D eigenvalue weighted by atomic mass is 9.95. The van der Waals surface area contributed by atoms with Gasteiger partial charge < -0.3 is 20.1 Å². The van der Waals surface area contributed by atoms with Gasteiger partial charge in [0.25, 0.3) is 0 Å². The largest absolute Gasteiger partial charge is 0.506 e. The summed E-state index contributed by atoms with van der Waals surface area (Å²) in [5.74, 6) is -0.170. The van der Waals surface area contributed by atoms with Gasteiger partial charge >= 0.3 is 5.97 Å². The van der Waals surface area contributed by atoms with Gasteiger partial charge in [0.05, 0.1) is 23.9 Å².